The molecule has 0 N–H and O–H groups in total. The summed E-state index contributed by atoms with van der Waals surface area (Å²) in [5.74, 6) is 0.413. The summed E-state index contributed by atoms with van der Waals surface area (Å²) in [6.45, 7) is 2.30. The Morgan fingerprint density at radius 1 is 1.33 bits per heavy atom. The molecule has 7 heteroatoms. The van der Waals surface area contributed by atoms with E-state index in [0.29, 0.717) is 21.4 Å². The normalized spacial score (nSPS) is 12.1. The minimum atomic E-state index is -4.49. The molecular weight excluding hydrogens is 285 g/mol. The number of aromatic nitrogens is 2. The molecule has 0 amide bonds. The lowest BCUT2D eigenvalue weighted by Crippen LogP contribution is -2.31. The number of benzene rings is 1. The van der Waals surface area contributed by atoms with Crippen molar-refractivity contribution >= 4 is 10.9 Å². The highest BCUT2D eigenvalue weighted by Gasteiger charge is 2.30. The standard InChI is InChI=1S/C14H15F3N2O2/c1-8(2)12-10-6-9(21-3)4-5-11(10)19(13(20)18-12)7-14(15,16)17/h4-6,8H,7H2,1-3H3. The lowest BCUT2D eigenvalue weighted by molar-refractivity contribution is -0.140. The highest BCUT2D eigenvalue weighted by atomic mass is 19.4. The number of methoxy groups -OCH3 is 1. The molecule has 0 saturated heterocycles. The van der Waals surface area contributed by atoms with Gasteiger partial charge in [-0.1, -0.05) is 13.8 Å². The molecule has 2 aromatic rings. The first-order valence-electron chi connectivity index (χ1n) is 6.38. The van der Waals surface area contributed by atoms with Crippen LogP contribution in [0.25, 0.3) is 10.9 Å². The third-order valence-electron chi connectivity index (χ3n) is 3.10. The summed E-state index contributed by atoms with van der Waals surface area (Å²) in [4.78, 5) is 15.7. The van der Waals surface area contributed by atoms with Crippen molar-refractivity contribution in [3.8, 4) is 5.75 Å². The third-order valence-corrected chi connectivity index (χ3v) is 3.10. The van der Waals surface area contributed by atoms with E-state index >= 15 is 0 Å². The molecule has 0 atom stereocenters. The van der Waals surface area contributed by atoms with Crippen LogP contribution in [0.5, 0.6) is 5.75 Å². The third kappa shape index (κ3) is 3.17. The van der Waals surface area contributed by atoms with Gasteiger partial charge in [0.2, 0.25) is 0 Å². The Kier molecular flexibility index (Phi) is 3.93. The fourth-order valence-corrected chi connectivity index (χ4v) is 2.18. The van der Waals surface area contributed by atoms with Crippen molar-refractivity contribution in [1.82, 2.24) is 9.55 Å². The van der Waals surface area contributed by atoms with E-state index in [1.165, 1.54) is 19.2 Å². The second kappa shape index (κ2) is 5.38. The Balaban J connectivity index is 2.79. The van der Waals surface area contributed by atoms with Gasteiger partial charge in [0.05, 0.1) is 18.3 Å². The van der Waals surface area contributed by atoms with Crippen LogP contribution < -0.4 is 10.4 Å². The fraction of sp³-hybridized carbons (Fsp3) is 0.429. The van der Waals surface area contributed by atoms with Crippen molar-refractivity contribution in [3.63, 3.8) is 0 Å². The minimum Gasteiger partial charge on any atom is -0.497 e. The Labute approximate surface area is 119 Å². The van der Waals surface area contributed by atoms with Gasteiger partial charge in [-0.15, -0.1) is 0 Å². The number of nitrogens with zero attached hydrogens (tertiary/aromatic N) is 2. The van der Waals surface area contributed by atoms with Gasteiger partial charge < -0.3 is 4.74 Å². The van der Waals surface area contributed by atoms with Crippen molar-refractivity contribution in [2.75, 3.05) is 7.11 Å². The molecule has 0 aliphatic heterocycles. The van der Waals surface area contributed by atoms with Crippen LogP contribution in [0.3, 0.4) is 0 Å². The number of hydrogen-bond acceptors (Lipinski definition) is 3. The van der Waals surface area contributed by atoms with Crippen LogP contribution in [-0.4, -0.2) is 22.8 Å². The molecule has 0 radical (unpaired) electrons. The van der Waals surface area contributed by atoms with Gasteiger partial charge in [0.25, 0.3) is 0 Å². The summed E-state index contributed by atoms with van der Waals surface area (Å²) in [7, 11) is 1.47. The van der Waals surface area contributed by atoms with Crippen molar-refractivity contribution < 1.29 is 17.9 Å². The Morgan fingerprint density at radius 3 is 2.52 bits per heavy atom. The van der Waals surface area contributed by atoms with E-state index in [0.717, 1.165) is 0 Å². The zero-order valence-electron chi connectivity index (χ0n) is 11.9. The maximum absolute atomic E-state index is 12.6. The summed E-state index contributed by atoms with van der Waals surface area (Å²) >= 11 is 0. The predicted octanol–water partition coefficient (Wildman–Crippen LogP) is 3.09. The Bertz CT molecular complexity index is 720. The van der Waals surface area contributed by atoms with Crippen molar-refractivity contribution in [3.05, 3.63) is 34.4 Å². The Morgan fingerprint density at radius 2 is 2.00 bits per heavy atom. The zero-order chi connectivity index (χ0) is 15.8. The molecule has 1 aromatic heterocycles. The molecule has 1 heterocycles. The van der Waals surface area contributed by atoms with Crippen LogP contribution in [0, 0.1) is 0 Å². The zero-order valence-corrected chi connectivity index (χ0v) is 11.9. The second-order valence-electron chi connectivity index (χ2n) is 5.02. The van der Waals surface area contributed by atoms with Gasteiger partial charge in [-0.3, -0.25) is 4.57 Å². The molecule has 0 bridgehead atoms. The molecule has 1 aromatic carbocycles. The minimum absolute atomic E-state index is 0.0900. The number of rotatable bonds is 3. The molecule has 114 valence electrons. The number of alkyl halides is 3. The van der Waals surface area contributed by atoms with E-state index in [-0.39, 0.29) is 11.4 Å². The SMILES string of the molecule is COc1ccc2c(c1)c(C(C)C)nc(=O)n2CC(F)(F)F. The maximum Gasteiger partial charge on any atom is 0.406 e. The van der Waals surface area contributed by atoms with Crippen LogP contribution in [0.4, 0.5) is 13.2 Å². The monoisotopic (exact) mass is 300 g/mol. The van der Waals surface area contributed by atoms with E-state index in [2.05, 4.69) is 4.98 Å². The lowest BCUT2D eigenvalue weighted by atomic mass is 10.0. The van der Waals surface area contributed by atoms with Gasteiger partial charge in [-0.05, 0) is 24.1 Å². The first-order valence-corrected chi connectivity index (χ1v) is 6.38. The van der Waals surface area contributed by atoms with Crippen molar-refractivity contribution in [2.45, 2.75) is 32.5 Å². The van der Waals surface area contributed by atoms with E-state index in [1.807, 2.05) is 13.8 Å². The van der Waals surface area contributed by atoms with Crippen LogP contribution in [0.2, 0.25) is 0 Å². The molecule has 0 aliphatic carbocycles. The number of hydrogen-bond donors (Lipinski definition) is 0. The van der Waals surface area contributed by atoms with Crippen LogP contribution in [-0.2, 0) is 6.54 Å². The first kappa shape index (κ1) is 15.3. The summed E-state index contributed by atoms with van der Waals surface area (Å²) in [5, 5.41) is 0.494. The average molecular weight is 300 g/mol. The van der Waals surface area contributed by atoms with Gasteiger partial charge in [0.15, 0.2) is 0 Å². The lowest BCUT2D eigenvalue weighted by Gasteiger charge is -2.16. The summed E-state index contributed by atoms with van der Waals surface area (Å²) in [6, 6.07) is 4.58. The van der Waals surface area contributed by atoms with Crippen molar-refractivity contribution in [2.24, 2.45) is 0 Å². The topological polar surface area (TPSA) is 44.1 Å². The second-order valence-corrected chi connectivity index (χ2v) is 5.02. The van der Waals surface area contributed by atoms with E-state index in [9.17, 15) is 18.0 Å². The fourth-order valence-electron chi connectivity index (χ4n) is 2.18. The van der Waals surface area contributed by atoms with E-state index in [1.54, 1.807) is 6.07 Å². The highest BCUT2D eigenvalue weighted by molar-refractivity contribution is 5.83. The average Bonchev–Trinajstić information content (AvgIpc) is 2.39. The smallest absolute Gasteiger partial charge is 0.406 e. The highest BCUT2D eigenvalue weighted by Crippen LogP contribution is 2.27. The van der Waals surface area contributed by atoms with Gasteiger partial charge in [-0.2, -0.15) is 18.2 Å². The van der Waals surface area contributed by atoms with Crippen LogP contribution >= 0.6 is 0 Å². The largest absolute Gasteiger partial charge is 0.497 e. The number of ether oxygens (including phenoxy) is 1. The molecule has 2 rings (SSSR count). The molecule has 0 spiro atoms. The van der Waals surface area contributed by atoms with Crippen molar-refractivity contribution in [1.29, 1.82) is 0 Å². The quantitative estimate of drug-likeness (QED) is 0.875. The van der Waals surface area contributed by atoms with Gasteiger partial charge >= 0.3 is 11.9 Å². The molecule has 0 unspecified atom stereocenters. The van der Waals surface area contributed by atoms with Gasteiger partial charge in [0, 0.05) is 5.39 Å². The molecule has 0 fully saturated rings. The Hall–Kier alpha value is -2.05. The molecule has 21 heavy (non-hydrogen) atoms. The molecule has 0 saturated carbocycles. The predicted molar refractivity (Wildman–Crippen MR) is 72.7 cm³/mol. The number of halogens is 3. The number of fused-ring (bicyclic) bond motifs is 1. The molecular formula is C14H15F3N2O2. The first-order chi connectivity index (χ1) is 9.73. The van der Waals surface area contributed by atoms with E-state index < -0.39 is 18.4 Å². The molecule has 0 aliphatic rings. The van der Waals surface area contributed by atoms with Crippen LogP contribution in [0.15, 0.2) is 23.0 Å². The summed E-state index contributed by atoms with van der Waals surface area (Å²) < 4.78 is 43.7. The summed E-state index contributed by atoms with van der Waals surface area (Å²) in [6.07, 6.45) is -4.49. The van der Waals surface area contributed by atoms with Gasteiger partial charge in [0.1, 0.15) is 12.3 Å². The van der Waals surface area contributed by atoms with Crippen LogP contribution in [0.1, 0.15) is 25.5 Å². The molecule has 4 nitrogen and oxygen atoms in total. The summed E-state index contributed by atoms with van der Waals surface area (Å²) in [5.41, 5.74) is -0.224. The van der Waals surface area contributed by atoms with E-state index in [4.69, 9.17) is 4.74 Å². The maximum atomic E-state index is 12.6. The van der Waals surface area contributed by atoms with Gasteiger partial charge in [-0.25, -0.2) is 4.79 Å².